The van der Waals surface area contributed by atoms with E-state index in [2.05, 4.69) is 13.8 Å². The van der Waals surface area contributed by atoms with E-state index in [-0.39, 0.29) is 0 Å². The van der Waals surface area contributed by atoms with Gasteiger partial charge >= 0.3 is 0 Å². The highest BCUT2D eigenvalue weighted by Gasteiger charge is 2.05. The van der Waals surface area contributed by atoms with E-state index in [4.69, 9.17) is 9.47 Å². The molecule has 0 aromatic rings. The van der Waals surface area contributed by atoms with Crippen LogP contribution < -0.4 is 0 Å². The van der Waals surface area contributed by atoms with Crippen molar-refractivity contribution in [2.24, 2.45) is 0 Å². The molecular weight excluding hydrogens is 200 g/mol. The fourth-order valence-electron chi connectivity index (χ4n) is 1.25. The van der Waals surface area contributed by atoms with Gasteiger partial charge in [0.25, 0.3) is 0 Å². The van der Waals surface area contributed by atoms with Crippen molar-refractivity contribution in [3.63, 3.8) is 0 Å². The molecule has 2 heteroatoms. The van der Waals surface area contributed by atoms with Crippen molar-refractivity contribution >= 4 is 0 Å². The van der Waals surface area contributed by atoms with Gasteiger partial charge in [0.2, 0.25) is 0 Å². The maximum atomic E-state index is 5.68. The first-order valence-electron chi connectivity index (χ1n) is 6.38. The molecule has 0 aromatic carbocycles. The van der Waals surface area contributed by atoms with Crippen LogP contribution in [-0.2, 0) is 9.47 Å². The molecule has 0 aliphatic heterocycles. The Morgan fingerprint density at radius 2 is 1.19 bits per heavy atom. The van der Waals surface area contributed by atoms with Gasteiger partial charge in [0, 0.05) is 0 Å². The standard InChI is InChI=1S/C14H26O2/c1-5-9-11-15-13(7-3)14(8-4)16-12-10-6-2/h7-8H,5-6,9-12H2,1-4H3. The molecule has 0 spiro atoms. The molecule has 0 heterocycles. The lowest BCUT2D eigenvalue weighted by Gasteiger charge is -2.14. The van der Waals surface area contributed by atoms with Crippen LogP contribution in [0.3, 0.4) is 0 Å². The van der Waals surface area contributed by atoms with E-state index in [9.17, 15) is 0 Å². The fraction of sp³-hybridized carbons (Fsp3) is 0.714. The number of ether oxygens (including phenoxy) is 2. The van der Waals surface area contributed by atoms with Gasteiger partial charge in [0.05, 0.1) is 13.2 Å². The molecule has 16 heavy (non-hydrogen) atoms. The molecule has 0 aliphatic rings. The van der Waals surface area contributed by atoms with Gasteiger partial charge in [0.15, 0.2) is 11.5 Å². The summed E-state index contributed by atoms with van der Waals surface area (Å²) >= 11 is 0. The molecule has 0 aromatic heterocycles. The number of allylic oxidation sites excluding steroid dienone is 2. The van der Waals surface area contributed by atoms with E-state index in [1.807, 2.05) is 26.0 Å². The van der Waals surface area contributed by atoms with Gasteiger partial charge in [-0.25, -0.2) is 0 Å². The van der Waals surface area contributed by atoms with Crippen molar-refractivity contribution in [3.8, 4) is 0 Å². The zero-order chi connectivity index (χ0) is 12.2. The molecule has 0 saturated heterocycles. The van der Waals surface area contributed by atoms with Gasteiger partial charge in [-0.3, -0.25) is 0 Å². The van der Waals surface area contributed by atoms with Crippen LogP contribution in [0.4, 0.5) is 0 Å². The van der Waals surface area contributed by atoms with Crippen molar-refractivity contribution in [1.29, 1.82) is 0 Å². The number of rotatable bonds is 9. The molecule has 0 amide bonds. The topological polar surface area (TPSA) is 18.5 Å². The maximum absolute atomic E-state index is 5.68. The molecule has 0 aliphatic carbocycles. The highest BCUT2D eigenvalue weighted by Crippen LogP contribution is 2.14. The van der Waals surface area contributed by atoms with Crippen molar-refractivity contribution in [1.82, 2.24) is 0 Å². The summed E-state index contributed by atoms with van der Waals surface area (Å²) in [4.78, 5) is 0. The zero-order valence-corrected chi connectivity index (χ0v) is 11.2. The van der Waals surface area contributed by atoms with Crippen LogP contribution in [0.5, 0.6) is 0 Å². The van der Waals surface area contributed by atoms with Crippen molar-refractivity contribution < 1.29 is 9.47 Å². The molecular formula is C14H26O2. The molecule has 0 rings (SSSR count). The van der Waals surface area contributed by atoms with Gasteiger partial charge in [-0.05, 0) is 38.8 Å². The van der Waals surface area contributed by atoms with E-state index in [0.717, 1.165) is 50.4 Å². The van der Waals surface area contributed by atoms with Gasteiger partial charge in [-0.2, -0.15) is 0 Å². The molecule has 0 radical (unpaired) electrons. The summed E-state index contributed by atoms with van der Waals surface area (Å²) in [5, 5.41) is 0. The normalized spacial score (nSPS) is 12.8. The Bertz CT molecular complexity index is 193. The zero-order valence-electron chi connectivity index (χ0n) is 11.2. The van der Waals surface area contributed by atoms with Crippen molar-refractivity contribution in [2.75, 3.05) is 13.2 Å². The Balaban J connectivity index is 4.09. The van der Waals surface area contributed by atoms with Gasteiger partial charge < -0.3 is 9.47 Å². The minimum Gasteiger partial charge on any atom is -0.490 e. The van der Waals surface area contributed by atoms with E-state index in [1.54, 1.807) is 0 Å². The third-order valence-corrected chi connectivity index (χ3v) is 2.28. The van der Waals surface area contributed by atoms with Crippen LogP contribution in [0.2, 0.25) is 0 Å². The van der Waals surface area contributed by atoms with Crippen LogP contribution in [0, 0.1) is 0 Å². The van der Waals surface area contributed by atoms with Crippen molar-refractivity contribution in [2.45, 2.75) is 53.4 Å². The lowest BCUT2D eigenvalue weighted by atomic mass is 10.3. The Labute approximate surface area is 100 Å². The summed E-state index contributed by atoms with van der Waals surface area (Å²) in [6.07, 6.45) is 8.41. The number of hydrogen-bond acceptors (Lipinski definition) is 2. The summed E-state index contributed by atoms with van der Waals surface area (Å²) in [7, 11) is 0. The van der Waals surface area contributed by atoms with E-state index in [0.29, 0.717) is 0 Å². The molecule has 0 unspecified atom stereocenters. The first kappa shape index (κ1) is 15.1. The lowest BCUT2D eigenvalue weighted by molar-refractivity contribution is 0.146. The largest absolute Gasteiger partial charge is 0.490 e. The summed E-state index contributed by atoms with van der Waals surface area (Å²) in [5.41, 5.74) is 0. The molecule has 0 fully saturated rings. The molecule has 0 saturated carbocycles. The SMILES string of the molecule is CC=C(OCCCC)C(=CC)OCCCC. The molecule has 2 nitrogen and oxygen atoms in total. The average molecular weight is 226 g/mol. The summed E-state index contributed by atoms with van der Waals surface area (Å²) in [5.74, 6) is 1.74. The number of unbranched alkanes of at least 4 members (excludes halogenated alkanes) is 2. The monoisotopic (exact) mass is 226 g/mol. The quantitative estimate of drug-likeness (QED) is 0.329. The molecule has 0 N–H and O–H groups in total. The van der Waals surface area contributed by atoms with Crippen LogP contribution in [0.15, 0.2) is 23.7 Å². The summed E-state index contributed by atoms with van der Waals surface area (Å²) < 4.78 is 11.4. The second-order valence-corrected chi connectivity index (χ2v) is 3.71. The summed E-state index contributed by atoms with van der Waals surface area (Å²) in [6.45, 7) is 9.82. The Morgan fingerprint density at radius 1 is 0.812 bits per heavy atom. The van der Waals surface area contributed by atoms with E-state index >= 15 is 0 Å². The Hall–Kier alpha value is -0.920. The van der Waals surface area contributed by atoms with Gasteiger partial charge in [-0.1, -0.05) is 26.7 Å². The first-order chi connectivity index (χ1) is 7.79. The van der Waals surface area contributed by atoms with Crippen LogP contribution in [0.1, 0.15) is 53.4 Å². The minimum absolute atomic E-state index is 0.769. The predicted octanol–water partition coefficient (Wildman–Crippen LogP) is 4.43. The molecule has 0 bridgehead atoms. The molecule has 0 atom stereocenters. The van der Waals surface area contributed by atoms with E-state index in [1.165, 1.54) is 0 Å². The van der Waals surface area contributed by atoms with Crippen LogP contribution >= 0.6 is 0 Å². The van der Waals surface area contributed by atoms with Crippen LogP contribution in [0.25, 0.3) is 0 Å². The van der Waals surface area contributed by atoms with Crippen molar-refractivity contribution in [3.05, 3.63) is 23.7 Å². The predicted molar refractivity (Wildman–Crippen MR) is 69.2 cm³/mol. The second-order valence-electron chi connectivity index (χ2n) is 3.71. The van der Waals surface area contributed by atoms with Gasteiger partial charge in [0.1, 0.15) is 0 Å². The fourth-order valence-corrected chi connectivity index (χ4v) is 1.25. The third kappa shape index (κ3) is 6.54. The van der Waals surface area contributed by atoms with Crippen LogP contribution in [-0.4, -0.2) is 13.2 Å². The number of hydrogen-bond donors (Lipinski definition) is 0. The second kappa shape index (κ2) is 10.6. The highest BCUT2D eigenvalue weighted by molar-refractivity contribution is 5.18. The van der Waals surface area contributed by atoms with Gasteiger partial charge in [-0.15, -0.1) is 0 Å². The third-order valence-electron chi connectivity index (χ3n) is 2.28. The lowest BCUT2D eigenvalue weighted by Crippen LogP contribution is -2.03. The summed E-state index contributed by atoms with van der Waals surface area (Å²) in [6, 6.07) is 0. The maximum Gasteiger partial charge on any atom is 0.156 e. The molecule has 94 valence electrons. The first-order valence-corrected chi connectivity index (χ1v) is 6.38. The highest BCUT2D eigenvalue weighted by atomic mass is 16.5. The Kier molecular flexibility index (Phi) is 9.98. The smallest absolute Gasteiger partial charge is 0.156 e. The average Bonchev–Trinajstić information content (AvgIpc) is 2.31. The van der Waals surface area contributed by atoms with E-state index < -0.39 is 0 Å². The minimum atomic E-state index is 0.769. The Morgan fingerprint density at radius 3 is 1.44 bits per heavy atom.